The molecule has 0 aromatic rings. The maximum atomic E-state index is 12.0. The molecular formula is C11H22N2O4S. The van der Waals surface area contributed by atoms with Crippen LogP contribution in [0.3, 0.4) is 0 Å². The molecule has 2 N–H and O–H groups in total. The van der Waals surface area contributed by atoms with Crippen LogP contribution < -0.4 is 4.72 Å². The van der Waals surface area contributed by atoms with Crippen molar-refractivity contribution in [3.05, 3.63) is 0 Å². The number of piperidine rings is 1. The number of hydrogen-bond donors (Lipinski definition) is 2. The van der Waals surface area contributed by atoms with E-state index in [4.69, 9.17) is 5.11 Å². The molecule has 1 rings (SSSR count). The fraction of sp³-hybridized carbons (Fsp3) is 0.909. The van der Waals surface area contributed by atoms with Crippen molar-refractivity contribution in [3.8, 4) is 0 Å². The average molecular weight is 278 g/mol. The second-order valence-electron chi connectivity index (χ2n) is 5.01. The molecule has 1 unspecified atom stereocenters. The van der Waals surface area contributed by atoms with Crippen LogP contribution in [0.2, 0.25) is 0 Å². The molecule has 1 aliphatic rings. The van der Waals surface area contributed by atoms with E-state index in [0.717, 1.165) is 19.3 Å². The summed E-state index contributed by atoms with van der Waals surface area (Å²) in [7, 11) is -3.54. The summed E-state index contributed by atoms with van der Waals surface area (Å²) < 4.78 is 27.8. The number of carbonyl (C=O) groups is 1. The van der Waals surface area contributed by atoms with Gasteiger partial charge in [0.25, 0.3) is 10.2 Å². The lowest BCUT2D eigenvalue weighted by Gasteiger charge is -2.29. The Morgan fingerprint density at radius 2 is 1.89 bits per heavy atom. The van der Waals surface area contributed by atoms with Gasteiger partial charge < -0.3 is 5.11 Å². The van der Waals surface area contributed by atoms with E-state index in [1.54, 1.807) is 13.8 Å². The highest BCUT2D eigenvalue weighted by molar-refractivity contribution is 7.87. The van der Waals surface area contributed by atoms with Gasteiger partial charge in [-0.1, -0.05) is 13.3 Å². The Morgan fingerprint density at radius 3 is 2.33 bits per heavy atom. The monoisotopic (exact) mass is 278 g/mol. The summed E-state index contributed by atoms with van der Waals surface area (Å²) >= 11 is 0. The van der Waals surface area contributed by atoms with Crippen molar-refractivity contribution in [3.63, 3.8) is 0 Å². The second-order valence-corrected chi connectivity index (χ2v) is 6.76. The van der Waals surface area contributed by atoms with Gasteiger partial charge in [0, 0.05) is 19.6 Å². The molecule has 1 fully saturated rings. The van der Waals surface area contributed by atoms with Gasteiger partial charge >= 0.3 is 5.97 Å². The first-order valence-electron chi connectivity index (χ1n) is 6.30. The first-order chi connectivity index (χ1) is 8.32. The predicted octanol–water partition coefficient (Wildman–Crippen LogP) is 0.808. The summed E-state index contributed by atoms with van der Waals surface area (Å²) in [6.07, 6.45) is 3.16. The minimum absolute atomic E-state index is 0.0718. The van der Waals surface area contributed by atoms with Crippen molar-refractivity contribution >= 4 is 16.2 Å². The van der Waals surface area contributed by atoms with Gasteiger partial charge in [-0.05, 0) is 26.2 Å². The number of aliphatic carboxylic acids is 1. The Kier molecular flexibility index (Phi) is 5.12. The van der Waals surface area contributed by atoms with Gasteiger partial charge in [-0.2, -0.15) is 12.7 Å². The van der Waals surface area contributed by atoms with Crippen LogP contribution in [0.15, 0.2) is 0 Å². The van der Waals surface area contributed by atoms with Gasteiger partial charge in [0.15, 0.2) is 0 Å². The summed E-state index contributed by atoms with van der Waals surface area (Å²) in [5, 5.41) is 9.09. The number of nitrogens with zero attached hydrogens (tertiary/aromatic N) is 1. The fourth-order valence-corrected chi connectivity index (χ4v) is 3.22. The highest BCUT2D eigenvalue weighted by atomic mass is 32.2. The van der Waals surface area contributed by atoms with Crippen LogP contribution in [0.1, 0.15) is 39.5 Å². The molecule has 0 radical (unpaired) electrons. The Hall–Kier alpha value is -0.660. The van der Waals surface area contributed by atoms with E-state index < -0.39 is 21.6 Å². The number of rotatable bonds is 6. The normalized spacial score (nSPS) is 21.4. The van der Waals surface area contributed by atoms with Crippen LogP contribution in [0.4, 0.5) is 0 Å². The van der Waals surface area contributed by atoms with Crippen molar-refractivity contribution in [2.24, 2.45) is 5.41 Å². The van der Waals surface area contributed by atoms with Gasteiger partial charge in [-0.3, -0.25) is 4.79 Å². The number of carboxylic acid groups (broad SMARTS) is 1. The lowest BCUT2D eigenvalue weighted by molar-refractivity contribution is -0.147. The topological polar surface area (TPSA) is 86.7 Å². The summed E-state index contributed by atoms with van der Waals surface area (Å²) in [6, 6.07) is 0. The Labute approximate surface area is 109 Å². The van der Waals surface area contributed by atoms with E-state index in [-0.39, 0.29) is 6.54 Å². The van der Waals surface area contributed by atoms with Gasteiger partial charge in [0.2, 0.25) is 0 Å². The van der Waals surface area contributed by atoms with E-state index in [1.807, 2.05) is 0 Å². The molecule has 0 amide bonds. The predicted molar refractivity (Wildman–Crippen MR) is 68.4 cm³/mol. The van der Waals surface area contributed by atoms with Gasteiger partial charge in [0.1, 0.15) is 0 Å². The maximum Gasteiger partial charge on any atom is 0.310 e. The minimum atomic E-state index is -3.54. The molecule has 0 saturated carbocycles. The SMILES string of the molecule is CCC(C)(CNS(=O)(=O)N1CCCCC1)C(=O)O. The van der Waals surface area contributed by atoms with Crippen LogP contribution in [0.25, 0.3) is 0 Å². The molecule has 1 heterocycles. The molecule has 106 valence electrons. The zero-order chi connectivity index (χ0) is 13.8. The quantitative estimate of drug-likeness (QED) is 0.752. The standard InChI is InChI=1S/C11H22N2O4S/c1-3-11(2,10(14)15)9-12-18(16,17)13-7-5-4-6-8-13/h12H,3-9H2,1-2H3,(H,14,15). The van der Waals surface area contributed by atoms with Gasteiger partial charge in [0.05, 0.1) is 5.41 Å². The number of hydrogen-bond acceptors (Lipinski definition) is 3. The summed E-state index contributed by atoms with van der Waals surface area (Å²) in [5.74, 6) is -0.980. The molecule has 18 heavy (non-hydrogen) atoms. The van der Waals surface area contributed by atoms with Gasteiger partial charge in [-0.15, -0.1) is 0 Å². The molecular weight excluding hydrogens is 256 g/mol. The smallest absolute Gasteiger partial charge is 0.310 e. The summed E-state index contributed by atoms with van der Waals surface area (Å²) in [4.78, 5) is 11.1. The minimum Gasteiger partial charge on any atom is -0.481 e. The van der Waals surface area contributed by atoms with Crippen molar-refractivity contribution in [1.82, 2.24) is 9.03 Å². The first kappa shape index (κ1) is 15.4. The summed E-state index contributed by atoms with van der Waals surface area (Å²) in [6.45, 7) is 4.26. The van der Waals surface area contributed by atoms with Crippen molar-refractivity contribution < 1.29 is 18.3 Å². The zero-order valence-corrected chi connectivity index (χ0v) is 11.8. The fourth-order valence-electron chi connectivity index (χ4n) is 1.80. The number of carboxylic acids is 1. The van der Waals surface area contributed by atoms with Crippen molar-refractivity contribution in [1.29, 1.82) is 0 Å². The highest BCUT2D eigenvalue weighted by Gasteiger charge is 2.34. The molecule has 1 aliphatic heterocycles. The van der Waals surface area contributed by atoms with E-state index in [1.165, 1.54) is 4.31 Å². The Balaban J connectivity index is 2.63. The molecule has 0 spiro atoms. The van der Waals surface area contributed by atoms with Crippen molar-refractivity contribution in [2.75, 3.05) is 19.6 Å². The molecule has 1 saturated heterocycles. The zero-order valence-electron chi connectivity index (χ0n) is 11.0. The van der Waals surface area contributed by atoms with E-state index in [2.05, 4.69) is 4.72 Å². The largest absolute Gasteiger partial charge is 0.481 e. The van der Waals surface area contributed by atoms with Crippen LogP contribution in [0.5, 0.6) is 0 Å². The molecule has 0 aromatic heterocycles. The second kappa shape index (κ2) is 5.99. The average Bonchev–Trinajstić information content (AvgIpc) is 2.37. The van der Waals surface area contributed by atoms with Crippen LogP contribution in [0, 0.1) is 5.41 Å². The lowest BCUT2D eigenvalue weighted by Crippen LogP contribution is -2.48. The molecule has 0 aliphatic carbocycles. The highest BCUT2D eigenvalue weighted by Crippen LogP contribution is 2.21. The third kappa shape index (κ3) is 3.66. The third-order valence-corrected chi connectivity index (χ3v) is 5.15. The lowest BCUT2D eigenvalue weighted by atomic mass is 9.88. The maximum absolute atomic E-state index is 12.0. The first-order valence-corrected chi connectivity index (χ1v) is 7.74. The van der Waals surface area contributed by atoms with E-state index in [0.29, 0.717) is 19.5 Å². The van der Waals surface area contributed by atoms with E-state index in [9.17, 15) is 13.2 Å². The summed E-state index contributed by atoms with van der Waals surface area (Å²) in [5.41, 5.74) is -1.05. The molecule has 7 heteroatoms. The molecule has 0 bridgehead atoms. The Morgan fingerprint density at radius 1 is 1.33 bits per heavy atom. The van der Waals surface area contributed by atoms with Crippen molar-refractivity contribution in [2.45, 2.75) is 39.5 Å². The van der Waals surface area contributed by atoms with E-state index >= 15 is 0 Å². The number of nitrogens with one attached hydrogen (secondary N) is 1. The van der Waals surface area contributed by atoms with Crippen LogP contribution in [-0.4, -0.2) is 43.4 Å². The molecule has 1 atom stereocenters. The van der Waals surface area contributed by atoms with Gasteiger partial charge in [-0.25, -0.2) is 4.72 Å². The van der Waals surface area contributed by atoms with Crippen LogP contribution >= 0.6 is 0 Å². The third-order valence-electron chi connectivity index (χ3n) is 3.60. The van der Waals surface area contributed by atoms with Crippen LogP contribution in [-0.2, 0) is 15.0 Å². The molecule has 6 nitrogen and oxygen atoms in total. The Bertz CT molecular complexity index is 390. The molecule has 0 aromatic carbocycles.